The van der Waals surface area contributed by atoms with E-state index in [1.54, 1.807) is 0 Å². The Hall–Kier alpha value is -0.800. The zero-order valence-electron chi connectivity index (χ0n) is 22.8. The molecular formula is C24H48NO12PS. The molecule has 0 radical (unpaired) electrons. The van der Waals surface area contributed by atoms with Crippen LogP contribution in [0.4, 0.5) is 0 Å². The fourth-order valence-electron chi connectivity index (χ4n) is 3.22. The molecule has 15 heteroatoms. The minimum absolute atomic E-state index is 0.0221. The molecule has 0 saturated heterocycles. The van der Waals surface area contributed by atoms with Crippen molar-refractivity contribution in [3.05, 3.63) is 0 Å². The third kappa shape index (κ3) is 30.0. The van der Waals surface area contributed by atoms with E-state index in [9.17, 15) is 14.2 Å². The molecule has 1 unspecified atom stereocenters. The minimum atomic E-state index is -4.80. The number of phosphoric acid groups is 1. The fraction of sp³-hybridized carbons (Fsp3) is 0.917. The number of phosphoric ester groups is 1. The molecule has 0 fully saturated rings. The Morgan fingerprint density at radius 1 is 0.718 bits per heavy atom. The number of aliphatic carboxylic acids is 1. The van der Waals surface area contributed by atoms with E-state index in [1.807, 2.05) is 0 Å². The summed E-state index contributed by atoms with van der Waals surface area (Å²) in [6.45, 7) is 3.44. The van der Waals surface area contributed by atoms with E-state index < -0.39 is 32.3 Å². The van der Waals surface area contributed by atoms with Gasteiger partial charge in [-0.25, -0.2) is 9.36 Å². The highest BCUT2D eigenvalue weighted by atomic mass is 32.2. The second-order valence-corrected chi connectivity index (χ2v) is 11.0. The van der Waals surface area contributed by atoms with Crippen molar-refractivity contribution in [2.75, 3.05) is 77.6 Å². The highest BCUT2D eigenvalue weighted by Gasteiger charge is 2.24. The number of aliphatic hydroxyl groups excluding tert-OH is 1. The van der Waals surface area contributed by atoms with Gasteiger partial charge in [0.05, 0.1) is 65.2 Å². The second kappa shape index (κ2) is 27.4. The molecule has 0 heterocycles. The average molecular weight is 606 g/mol. The van der Waals surface area contributed by atoms with Crippen LogP contribution in [0.5, 0.6) is 0 Å². The van der Waals surface area contributed by atoms with Crippen molar-refractivity contribution < 1.29 is 57.6 Å². The topological polar surface area (TPSA) is 190 Å². The molecule has 0 aliphatic rings. The number of carboxylic acid groups (broad SMARTS) is 1. The van der Waals surface area contributed by atoms with Crippen molar-refractivity contribution in [1.29, 1.82) is 0 Å². The minimum Gasteiger partial charge on any atom is -0.480 e. The van der Waals surface area contributed by atoms with Gasteiger partial charge in [0.2, 0.25) is 5.91 Å². The first-order chi connectivity index (χ1) is 18.8. The standard InChI is InChI=1S/C24H48NO12PS/c26-10-12-34-14-16-36-18-17-35-15-13-33-11-8-6-4-2-1-3-5-7-9-19-39-21-23(27)25-22(24(28)29)20-37-38(30,31)32/h22,26H,1-21H2,(H,25,27)(H,28,29)(H2,30,31,32). The van der Waals surface area contributed by atoms with E-state index in [4.69, 9.17) is 38.9 Å². The number of hydrogen-bond acceptors (Lipinski definition) is 10. The summed E-state index contributed by atoms with van der Waals surface area (Å²) in [7, 11) is -4.80. The van der Waals surface area contributed by atoms with Gasteiger partial charge < -0.3 is 44.3 Å². The van der Waals surface area contributed by atoms with Crippen LogP contribution in [-0.4, -0.2) is 115 Å². The number of thioether (sulfide) groups is 1. The van der Waals surface area contributed by atoms with Crippen molar-refractivity contribution in [2.24, 2.45) is 0 Å². The first-order valence-electron chi connectivity index (χ1n) is 13.5. The molecule has 1 amide bonds. The zero-order valence-corrected chi connectivity index (χ0v) is 24.5. The summed E-state index contributed by atoms with van der Waals surface area (Å²) in [5, 5.41) is 19.8. The van der Waals surface area contributed by atoms with E-state index in [-0.39, 0.29) is 12.4 Å². The molecule has 0 aromatic rings. The predicted octanol–water partition coefficient (Wildman–Crippen LogP) is 1.97. The van der Waals surface area contributed by atoms with Gasteiger partial charge in [-0.3, -0.25) is 9.32 Å². The summed E-state index contributed by atoms with van der Waals surface area (Å²) in [4.78, 5) is 40.2. The smallest absolute Gasteiger partial charge is 0.469 e. The van der Waals surface area contributed by atoms with Crippen molar-refractivity contribution >= 4 is 31.5 Å². The maximum absolute atomic E-state index is 11.8. The number of carboxylic acids is 1. The van der Waals surface area contributed by atoms with Gasteiger partial charge >= 0.3 is 13.8 Å². The molecule has 0 aromatic carbocycles. The number of carbonyl (C=O) groups is 2. The van der Waals surface area contributed by atoms with Crippen LogP contribution in [0, 0.1) is 0 Å². The summed E-state index contributed by atoms with van der Waals surface area (Å²) < 4.78 is 36.2. The maximum atomic E-state index is 11.8. The number of aliphatic hydroxyl groups is 1. The van der Waals surface area contributed by atoms with Crippen LogP contribution in [0.15, 0.2) is 0 Å². The van der Waals surface area contributed by atoms with Gasteiger partial charge in [-0.2, -0.15) is 11.8 Å². The Kier molecular flexibility index (Phi) is 26.8. The molecule has 0 aliphatic heterocycles. The Balaban J connectivity index is 3.34. The first kappa shape index (κ1) is 38.2. The molecule has 0 rings (SSSR count). The van der Waals surface area contributed by atoms with E-state index in [1.165, 1.54) is 37.4 Å². The highest BCUT2D eigenvalue weighted by molar-refractivity contribution is 7.99. The van der Waals surface area contributed by atoms with Crippen molar-refractivity contribution in [3.63, 3.8) is 0 Å². The number of rotatable bonds is 30. The van der Waals surface area contributed by atoms with Crippen LogP contribution in [-0.2, 0) is 37.6 Å². The van der Waals surface area contributed by atoms with Crippen LogP contribution in [0.2, 0.25) is 0 Å². The van der Waals surface area contributed by atoms with Crippen LogP contribution in [0.25, 0.3) is 0 Å². The van der Waals surface area contributed by atoms with Gasteiger partial charge in [0, 0.05) is 6.61 Å². The maximum Gasteiger partial charge on any atom is 0.469 e. The van der Waals surface area contributed by atoms with Crippen LogP contribution in [0.1, 0.15) is 57.8 Å². The number of hydrogen-bond donors (Lipinski definition) is 5. The molecule has 39 heavy (non-hydrogen) atoms. The quantitative estimate of drug-likeness (QED) is 0.0591. The summed E-state index contributed by atoms with van der Waals surface area (Å²) in [5.74, 6) is -1.08. The highest BCUT2D eigenvalue weighted by Crippen LogP contribution is 2.35. The zero-order chi connectivity index (χ0) is 29.0. The molecule has 13 nitrogen and oxygen atoms in total. The van der Waals surface area contributed by atoms with E-state index in [2.05, 4.69) is 9.84 Å². The van der Waals surface area contributed by atoms with Gasteiger partial charge in [-0.05, 0) is 18.6 Å². The molecule has 0 bridgehead atoms. The summed E-state index contributed by atoms with van der Waals surface area (Å²) in [6, 6.07) is -1.51. The molecule has 5 N–H and O–H groups in total. The number of nitrogens with one attached hydrogen (secondary N) is 1. The molecular weight excluding hydrogens is 557 g/mol. The molecule has 0 aliphatic carbocycles. The number of ether oxygens (including phenoxy) is 4. The van der Waals surface area contributed by atoms with Crippen molar-refractivity contribution in [3.8, 4) is 0 Å². The van der Waals surface area contributed by atoms with Gasteiger partial charge in [0.1, 0.15) is 0 Å². The molecule has 0 saturated carbocycles. The third-order valence-corrected chi connectivity index (χ3v) is 6.73. The molecule has 0 aromatic heterocycles. The lowest BCUT2D eigenvalue weighted by Gasteiger charge is -2.14. The average Bonchev–Trinajstić information content (AvgIpc) is 2.88. The third-order valence-electron chi connectivity index (χ3n) is 5.20. The molecule has 1 atom stereocenters. The molecule has 0 spiro atoms. The van der Waals surface area contributed by atoms with Crippen LogP contribution < -0.4 is 5.32 Å². The van der Waals surface area contributed by atoms with Crippen molar-refractivity contribution in [1.82, 2.24) is 5.32 Å². The van der Waals surface area contributed by atoms with Gasteiger partial charge in [0.25, 0.3) is 0 Å². The lowest BCUT2D eigenvalue weighted by Crippen LogP contribution is -2.44. The number of carbonyl (C=O) groups excluding carboxylic acids is 1. The SMILES string of the molecule is O=C(CSCCCCCCCCCCCOCCOCCOCCOCCO)NC(COP(=O)(O)O)C(=O)O. The monoisotopic (exact) mass is 605 g/mol. The lowest BCUT2D eigenvalue weighted by molar-refractivity contribution is -0.142. The van der Waals surface area contributed by atoms with Gasteiger partial charge in [0.15, 0.2) is 6.04 Å². The summed E-state index contributed by atoms with van der Waals surface area (Å²) in [5.41, 5.74) is 0. The summed E-state index contributed by atoms with van der Waals surface area (Å²) >= 11 is 1.39. The second-order valence-electron chi connectivity index (χ2n) is 8.65. The fourth-order valence-corrected chi connectivity index (χ4v) is 4.38. The Morgan fingerprint density at radius 3 is 1.67 bits per heavy atom. The van der Waals surface area contributed by atoms with Crippen molar-refractivity contribution in [2.45, 2.75) is 63.8 Å². The van der Waals surface area contributed by atoms with E-state index in [0.717, 1.165) is 44.5 Å². The van der Waals surface area contributed by atoms with E-state index in [0.29, 0.717) is 46.2 Å². The predicted molar refractivity (Wildman–Crippen MR) is 147 cm³/mol. The largest absolute Gasteiger partial charge is 0.480 e. The Labute approximate surface area is 235 Å². The Morgan fingerprint density at radius 2 is 1.18 bits per heavy atom. The van der Waals surface area contributed by atoms with Crippen LogP contribution >= 0.6 is 19.6 Å². The summed E-state index contributed by atoms with van der Waals surface area (Å²) in [6.07, 6.45) is 10.2. The molecule has 232 valence electrons. The van der Waals surface area contributed by atoms with Crippen LogP contribution in [0.3, 0.4) is 0 Å². The lowest BCUT2D eigenvalue weighted by atomic mass is 10.1. The Bertz CT molecular complexity index is 640. The number of unbranched alkanes of at least 4 members (excludes halogenated alkanes) is 8. The number of amides is 1. The van der Waals surface area contributed by atoms with E-state index >= 15 is 0 Å². The normalized spacial score (nSPS) is 12.5. The van der Waals surface area contributed by atoms with Gasteiger partial charge in [-0.1, -0.05) is 44.9 Å². The first-order valence-corrected chi connectivity index (χ1v) is 16.2. The van der Waals surface area contributed by atoms with Gasteiger partial charge in [-0.15, -0.1) is 0 Å².